The maximum absolute atomic E-state index is 6.06. The zero-order valence-corrected chi connectivity index (χ0v) is 14.3. The molecule has 0 saturated heterocycles. The Bertz CT molecular complexity index is 387. The van der Waals surface area contributed by atoms with Crippen LogP contribution in [0, 0.1) is 6.92 Å². The summed E-state index contributed by atoms with van der Waals surface area (Å²) in [5.41, 5.74) is 4.23. The fraction of sp³-hybridized carbons (Fsp3) is 0.625. The summed E-state index contributed by atoms with van der Waals surface area (Å²) in [7, 11) is 0. The molecule has 0 amide bonds. The number of benzene rings is 1. The van der Waals surface area contributed by atoms with Gasteiger partial charge in [0.1, 0.15) is 0 Å². The Kier molecular flexibility index (Phi) is 4.57. The molecule has 0 radical (unpaired) electrons. The Morgan fingerprint density at radius 2 is 1.28 bits per heavy atom. The molecule has 0 spiro atoms. The van der Waals surface area contributed by atoms with Crippen molar-refractivity contribution in [2.45, 2.75) is 65.1 Å². The third-order valence-corrected chi connectivity index (χ3v) is 3.56. The van der Waals surface area contributed by atoms with Gasteiger partial charge in [0.15, 0.2) is 0 Å². The summed E-state index contributed by atoms with van der Waals surface area (Å²) in [6, 6.07) is 4.55. The van der Waals surface area contributed by atoms with Gasteiger partial charge < -0.3 is 0 Å². The van der Waals surface area contributed by atoms with Crippen LogP contribution >= 0.6 is 0 Å². The molecule has 0 aliphatic rings. The molecular formula is C16H26AlO+. The summed E-state index contributed by atoms with van der Waals surface area (Å²) in [6.07, 6.45) is 0. The van der Waals surface area contributed by atoms with Crippen molar-refractivity contribution in [2.24, 2.45) is 0 Å². The second kappa shape index (κ2) is 5.27. The molecule has 0 bridgehead atoms. The van der Waals surface area contributed by atoms with Crippen molar-refractivity contribution in [3.05, 3.63) is 28.8 Å². The average molecular weight is 261 g/mol. The Balaban J connectivity index is 3.56. The Morgan fingerprint density at radius 3 is 1.56 bits per heavy atom. The van der Waals surface area contributed by atoms with Crippen LogP contribution in [0.5, 0.6) is 5.75 Å². The van der Waals surface area contributed by atoms with Crippen LogP contribution in [0.15, 0.2) is 12.1 Å². The van der Waals surface area contributed by atoms with E-state index in [1.165, 1.54) is 16.7 Å². The molecule has 0 atom stereocenters. The number of hydrogen-bond acceptors (Lipinski definition) is 1. The van der Waals surface area contributed by atoms with E-state index in [-0.39, 0.29) is 26.4 Å². The van der Waals surface area contributed by atoms with E-state index in [0.717, 1.165) is 5.75 Å². The monoisotopic (exact) mass is 261 g/mol. The van der Waals surface area contributed by atoms with E-state index in [1.54, 1.807) is 0 Å². The molecular weight excluding hydrogens is 235 g/mol. The summed E-state index contributed by atoms with van der Waals surface area (Å²) < 4.78 is 6.06. The van der Waals surface area contributed by atoms with E-state index >= 15 is 0 Å². The van der Waals surface area contributed by atoms with Gasteiger partial charge in [-0.1, -0.05) is 0 Å². The summed E-state index contributed by atoms with van der Waals surface area (Å²) in [5.74, 6) is 3.26. The van der Waals surface area contributed by atoms with Gasteiger partial charge in [0, 0.05) is 0 Å². The first-order valence-corrected chi connectivity index (χ1v) is 8.30. The van der Waals surface area contributed by atoms with E-state index < -0.39 is 0 Å². The molecule has 1 aromatic carbocycles. The molecule has 0 heterocycles. The summed E-state index contributed by atoms with van der Waals surface area (Å²) in [4.78, 5) is 0. The molecule has 0 aliphatic heterocycles. The fourth-order valence-corrected chi connectivity index (χ4v) is 2.62. The fourth-order valence-electron chi connectivity index (χ4n) is 2.13. The predicted molar refractivity (Wildman–Crippen MR) is 80.8 cm³/mol. The van der Waals surface area contributed by atoms with E-state index in [1.807, 2.05) is 0 Å². The Labute approximate surface area is 119 Å². The Morgan fingerprint density at radius 1 is 0.889 bits per heavy atom. The van der Waals surface area contributed by atoms with Crippen LogP contribution < -0.4 is 3.79 Å². The third-order valence-electron chi connectivity index (χ3n) is 3.08. The van der Waals surface area contributed by atoms with E-state index in [4.69, 9.17) is 3.79 Å². The normalized spacial score (nSPS) is 12.2. The zero-order valence-electron chi connectivity index (χ0n) is 13.1. The van der Waals surface area contributed by atoms with Gasteiger partial charge in [0.2, 0.25) is 0 Å². The quantitative estimate of drug-likeness (QED) is 0.705. The van der Waals surface area contributed by atoms with Crippen LogP contribution in [0.1, 0.15) is 58.2 Å². The first kappa shape index (κ1) is 15.6. The third kappa shape index (κ3) is 3.53. The predicted octanol–water partition coefficient (Wildman–Crippen LogP) is 4.64. The molecule has 2 heteroatoms. The van der Waals surface area contributed by atoms with Crippen LogP contribution in [0.25, 0.3) is 0 Å². The molecule has 0 N–H and O–H groups in total. The molecule has 1 aromatic rings. The average Bonchev–Trinajstić information content (AvgIpc) is 2.17. The molecule has 0 aromatic heterocycles. The minimum absolute atomic E-state index is 0.0138. The van der Waals surface area contributed by atoms with Gasteiger partial charge in [-0.3, -0.25) is 0 Å². The second-order valence-electron chi connectivity index (χ2n) is 7.04. The molecule has 1 nitrogen and oxygen atoms in total. The van der Waals surface area contributed by atoms with Gasteiger partial charge in [-0.25, -0.2) is 0 Å². The van der Waals surface area contributed by atoms with Crippen molar-refractivity contribution >= 4 is 15.6 Å². The van der Waals surface area contributed by atoms with Gasteiger partial charge in [-0.2, -0.15) is 0 Å². The first-order chi connectivity index (χ1) is 8.07. The van der Waals surface area contributed by atoms with Gasteiger partial charge >= 0.3 is 119 Å². The van der Waals surface area contributed by atoms with Crippen LogP contribution in [0.4, 0.5) is 0 Å². The summed E-state index contributed by atoms with van der Waals surface area (Å²) in [5, 5.41) is 0. The second-order valence-corrected chi connectivity index (χ2v) is 7.75. The van der Waals surface area contributed by atoms with Crippen molar-refractivity contribution in [2.75, 3.05) is 0 Å². The first-order valence-electron chi connectivity index (χ1n) is 6.67. The molecule has 0 saturated carbocycles. The van der Waals surface area contributed by atoms with Gasteiger partial charge in [0.25, 0.3) is 0 Å². The van der Waals surface area contributed by atoms with Crippen molar-refractivity contribution in [1.82, 2.24) is 0 Å². The van der Waals surface area contributed by atoms with E-state index in [9.17, 15) is 0 Å². The molecule has 0 fully saturated rings. The topological polar surface area (TPSA) is 9.23 Å². The molecule has 98 valence electrons. The van der Waals surface area contributed by atoms with E-state index in [2.05, 4.69) is 66.4 Å². The zero-order chi connectivity index (χ0) is 14.1. The standard InChI is InChI=1S/C15H24O.CH3.Al/c1-10-8-11(14(2,3)4)13(16)12(9-10)15(5,6)7;;/h8-9,16H,1-7H3;1H3;/q;;+2/p-1. The molecule has 18 heavy (non-hydrogen) atoms. The van der Waals surface area contributed by atoms with Gasteiger partial charge in [0.05, 0.1) is 0 Å². The minimum atomic E-state index is 0.0138. The van der Waals surface area contributed by atoms with Crippen LogP contribution in [0.2, 0.25) is 5.79 Å². The summed E-state index contributed by atoms with van der Waals surface area (Å²) in [6.45, 7) is 15.7. The number of rotatable bonds is 2. The van der Waals surface area contributed by atoms with Crippen LogP contribution in [-0.4, -0.2) is 15.6 Å². The number of hydrogen-bond donors (Lipinski definition) is 0. The van der Waals surface area contributed by atoms with Crippen molar-refractivity contribution < 1.29 is 3.79 Å². The van der Waals surface area contributed by atoms with Crippen LogP contribution in [0.3, 0.4) is 0 Å². The SMILES string of the molecule is [CH3][Al+][O]c1c(C(C)(C)C)cc(C)cc1C(C)(C)C. The molecule has 0 aliphatic carbocycles. The van der Waals surface area contributed by atoms with Crippen molar-refractivity contribution in [3.63, 3.8) is 0 Å². The number of aryl methyl sites for hydroxylation is 1. The van der Waals surface area contributed by atoms with E-state index in [0.29, 0.717) is 0 Å². The van der Waals surface area contributed by atoms with Gasteiger partial charge in [-0.05, 0) is 0 Å². The molecule has 1 rings (SSSR count). The van der Waals surface area contributed by atoms with Crippen LogP contribution in [-0.2, 0) is 10.8 Å². The maximum atomic E-state index is 6.06. The molecule has 0 unspecified atom stereocenters. The van der Waals surface area contributed by atoms with Crippen molar-refractivity contribution in [1.29, 1.82) is 0 Å². The summed E-state index contributed by atoms with van der Waals surface area (Å²) >= 11 is 0.0138. The Hall–Kier alpha value is -0.448. The van der Waals surface area contributed by atoms with Crippen molar-refractivity contribution in [3.8, 4) is 5.75 Å². The van der Waals surface area contributed by atoms with Gasteiger partial charge in [-0.15, -0.1) is 0 Å².